The van der Waals surface area contributed by atoms with Gasteiger partial charge in [0.05, 0.1) is 11.0 Å². The first kappa shape index (κ1) is 14.2. The molecule has 1 unspecified atom stereocenters. The maximum Gasteiger partial charge on any atom is 0.223 e. The second-order valence-electron chi connectivity index (χ2n) is 5.17. The smallest absolute Gasteiger partial charge is 0.223 e. The first-order valence-corrected chi connectivity index (χ1v) is 8.16. The van der Waals surface area contributed by atoms with E-state index in [0.29, 0.717) is 18.7 Å². The van der Waals surface area contributed by atoms with Gasteiger partial charge in [0, 0.05) is 31.0 Å². The Bertz CT molecular complexity index is 556. The van der Waals surface area contributed by atoms with Crippen LogP contribution in [0.1, 0.15) is 49.0 Å². The van der Waals surface area contributed by atoms with E-state index in [2.05, 4.69) is 15.1 Å². The molecule has 3 rings (SSSR count). The van der Waals surface area contributed by atoms with E-state index in [1.165, 1.54) is 6.39 Å². The zero-order chi connectivity index (χ0) is 14.5. The van der Waals surface area contributed by atoms with E-state index >= 15 is 0 Å². The molecule has 3 heterocycles. The quantitative estimate of drug-likeness (QED) is 0.868. The molecule has 0 spiro atoms. The van der Waals surface area contributed by atoms with E-state index < -0.39 is 0 Å². The lowest BCUT2D eigenvalue weighted by molar-refractivity contribution is -0.133. The van der Waals surface area contributed by atoms with E-state index in [4.69, 9.17) is 4.52 Å². The molecule has 1 aliphatic heterocycles. The van der Waals surface area contributed by atoms with E-state index in [9.17, 15) is 4.79 Å². The van der Waals surface area contributed by atoms with Crippen molar-refractivity contribution in [3.63, 3.8) is 0 Å². The van der Waals surface area contributed by atoms with Crippen LogP contribution in [0.15, 0.2) is 22.5 Å². The minimum Gasteiger partial charge on any atom is -0.343 e. The molecule has 0 saturated carbocycles. The Hall–Kier alpha value is -1.76. The van der Waals surface area contributed by atoms with Crippen molar-refractivity contribution >= 4 is 17.2 Å². The van der Waals surface area contributed by atoms with Crippen LogP contribution < -0.4 is 0 Å². The van der Waals surface area contributed by atoms with Crippen molar-refractivity contribution in [3.8, 4) is 0 Å². The van der Waals surface area contributed by atoms with Gasteiger partial charge in [-0.15, -0.1) is 11.3 Å². The number of aromatic nitrogens is 3. The molecule has 7 heteroatoms. The molecule has 112 valence electrons. The summed E-state index contributed by atoms with van der Waals surface area (Å²) in [5.41, 5.74) is 0. The summed E-state index contributed by atoms with van der Waals surface area (Å²) >= 11 is 1.59. The number of likely N-dealkylation sites (tertiary alicyclic amines) is 1. The van der Waals surface area contributed by atoms with E-state index in [1.54, 1.807) is 17.5 Å². The Morgan fingerprint density at radius 2 is 2.33 bits per heavy atom. The summed E-state index contributed by atoms with van der Waals surface area (Å²) in [4.78, 5) is 22.9. The number of thiazole rings is 1. The molecule has 1 amide bonds. The van der Waals surface area contributed by atoms with Gasteiger partial charge in [0.1, 0.15) is 0 Å². The molecule has 1 atom stereocenters. The highest BCUT2D eigenvalue weighted by Crippen LogP contribution is 2.28. The number of carbonyl (C=O) groups is 1. The number of carbonyl (C=O) groups excluding carboxylic acids is 1. The zero-order valence-corrected chi connectivity index (χ0v) is 12.6. The topological polar surface area (TPSA) is 72.1 Å². The summed E-state index contributed by atoms with van der Waals surface area (Å²) in [6, 6.07) is -0.0463. The van der Waals surface area contributed by atoms with Crippen molar-refractivity contribution in [2.45, 2.75) is 44.6 Å². The van der Waals surface area contributed by atoms with Crippen LogP contribution in [0.4, 0.5) is 0 Å². The number of rotatable bonds is 4. The van der Waals surface area contributed by atoms with Crippen molar-refractivity contribution < 1.29 is 9.32 Å². The molecule has 0 N–H and O–H groups in total. The van der Waals surface area contributed by atoms with Crippen molar-refractivity contribution in [2.24, 2.45) is 0 Å². The summed E-state index contributed by atoms with van der Waals surface area (Å²) in [7, 11) is 0. The van der Waals surface area contributed by atoms with Crippen LogP contribution in [0.5, 0.6) is 0 Å². The number of nitrogens with zero attached hydrogens (tertiary/aromatic N) is 4. The molecule has 1 fully saturated rings. The lowest BCUT2D eigenvalue weighted by Crippen LogP contribution is -2.35. The van der Waals surface area contributed by atoms with Gasteiger partial charge in [0.25, 0.3) is 0 Å². The molecule has 0 aliphatic carbocycles. The number of aryl methyl sites for hydroxylation is 1. The molecule has 0 radical (unpaired) electrons. The highest BCUT2D eigenvalue weighted by atomic mass is 32.1. The minimum atomic E-state index is -0.0463. The second kappa shape index (κ2) is 6.80. The van der Waals surface area contributed by atoms with Crippen LogP contribution >= 0.6 is 11.3 Å². The normalized spacial score (nSPS) is 19.4. The van der Waals surface area contributed by atoms with Crippen molar-refractivity contribution in [1.29, 1.82) is 0 Å². The maximum atomic E-state index is 12.6. The van der Waals surface area contributed by atoms with Crippen molar-refractivity contribution in [3.05, 3.63) is 28.8 Å². The van der Waals surface area contributed by atoms with Gasteiger partial charge < -0.3 is 9.42 Å². The third kappa shape index (κ3) is 3.47. The van der Waals surface area contributed by atoms with Gasteiger partial charge >= 0.3 is 0 Å². The van der Waals surface area contributed by atoms with Crippen LogP contribution in [0.2, 0.25) is 0 Å². The maximum absolute atomic E-state index is 12.6. The first-order chi connectivity index (χ1) is 10.3. The monoisotopic (exact) mass is 306 g/mol. The molecule has 0 aromatic carbocycles. The van der Waals surface area contributed by atoms with Crippen LogP contribution in [0, 0.1) is 0 Å². The Morgan fingerprint density at radius 3 is 3.10 bits per heavy atom. The van der Waals surface area contributed by atoms with Crippen molar-refractivity contribution in [2.75, 3.05) is 6.54 Å². The molecule has 21 heavy (non-hydrogen) atoms. The fourth-order valence-electron chi connectivity index (χ4n) is 2.73. The number of amides is 1. The Kier molecular flexibility index (Phi) is 4.59. The Balaban J connectivity index is 1.68. The zero-order valence-electron chi connectivity index (χ0n) is 11.8. The molecular formula is C14H18N4O2S. The third-order valence-electron chi connectivity index (χ3n) is 3.79. The van der Waals surface area contributed by atoms with Gasteiger partial charge in [0.15, 0.2) is 5.82 Å². The molecule has 2 aromatic heterocycles. The highest BCUT2D eigenvalue weighted by molar-refractivity contribution is 7.09. The van der Waals surface area contributed by atoms with Crippen LogP contribution in [-0.4, -0.2) is 32.5 Å². The summed E-state index contributed by atoms with van der Waals surface area (Å²) < 4.78 is 4.85. The predicted molar refractivity (Wildman–Crippen MR) is 77.7 cm³/mol. The first-order valence-electron chi connectivity index (χ1n) is 7.28. The molecule has 6 nitrogen and oxygen atoms in total. The SMILES string of the molecule is O=C(CCc1nccs1)N1CCCCCC1c1ncon1. The fourth-order valence-corrected chi connectivity index (χ4v) is 3.36. The summed E-state index contributed by atoms with van der Waals surface area (Å²) in [6.07, 6.45) is 8.48. The van der Waals surface area contributed by atoms with Gasteiger partial charge in [-0.25, -0.2) is 4.98 Å². The van der Waals surface area contributed by atoms with Gasteiger partial charge in [-0.2, -0.15) is 4.98 Å². The van der Waals surface area contributed by atoms with E-state index in [-0.39, 0.29) is 11.9 Å². The van der Waals surface area contributed by atoms with Gasteiger partial charge in [-0.05, 0) is 12.8 Å². The molecule has 1 saturated heterocycles. The van der Waals surface area contributed by atoms with Gasteiger partial charge in [-0.3, -0.25) is 4.79 Å². The average Bonchev–Trinajstić information content (AvgIpc) is 3.15. The average molecular weight is 306 g/mol. The lowest BCUT2D eigenvalue weighted by atomic mass is 10.1. The van der Waals surface area contributed by atoms with Gasteiger partial charge in [-0.1, -0.05) is 18.0 Å². The summed E-state index contributed by atoms with van der Waals surface area (Å²) in [5, 5.41) is 6.88. The Morgan fingerprint density at radius 1 is 1.38 bits per heavy atom. The standard InChI is InChI=1S/C14H18N4O2S/c19-13(6-5-12-15-7-9-21-12)18-8-3-1-2-4-11(18)14-16-10-20-17-14/h7,9-11H,1-6,8H2. The number of hydrogen-bond acceptors (Lipinski definition) is 6. The third-order valence-corrected chi connectivity index (χ3v) is 4.63. The van der Waals surface area contributed by atoms with Crippen LogP contribution in [0.3, 0.4) is 0 Å². The largest absolute Gasteiger partial charge is 0.343 e. The molecule has 1 aliphatic rings. The fraction of sp³-hybridized carbons (Fsp3) is 0.571. The summed E-state index contributed by atoms with van der Waals surface area (Å²) in [5.74, 6) is 0.779. The molecule has 0 bridgehead atoms. The predicted octanol–water partition coefficient (Wildman–Crippen LogP) is 2.60. The van der Waals surface area contributed by atoms with E-state index in [1.807, 2.05) is 10.3 Å². The minimum absolute atomic E-state index is 0.0463. The Labute approximate surface area is 127 Å². The lowest BCUT2D eigenvalue weighted by Gasteiger charge is -2.27. The highest BCUT2D eigenvalue weighted by Gasteiger charge is 2.29. The molecule has 2 aromatic rings. The summed E-state index contributed by atoms with van der Waals surface area (Å²) in [6.45, 7) is 0.774. The second-order valence-corrected chi connectivity index (χ2v) is 6.15. The van der Waals surface area contributed by atoms with E-state index in [0.717, 1.165) is 37.2 Å². The molecular weight excluding hydrogens is 288 g/mol. The van der Waals surface area contributed by atoms with Crippen LogP contribution in [-0.2, 0) is 11.2 Å². The van der Waals surface area contributed by atoms with Crippen molar-refractivity contribution in [1.82, 2.24) is 20.0 Å². The van der Waals surface area contributed by atoms with Gasteiger partial charge in [0.2, 0.25) is 12.3 Å². The number of hydrogen-bond donors (Lipinski definition) is 0. The van der Waals surface area contributed by atoms with Crippen LogP contribution in [0.25, 0.3) is 0 Å².